The lowest BCUT2D eigenvalue weighted by Gasteiger charge is -2.34. The van der Waals surface area contributed by atoms with Crippen LogP contribution in [0.1, 0.15) is 16.6 Å². The fraction of sp³-hybridized carbons (Fsp3) is 0.471. The van der Waals surface area contributed by atoms with Gasteiger partial charge in [-0.2, -0.15) is 0 Å². The molecule has 2 aromatic heterocycles. The van der Waals surface area contributed by atoms with E-state index < -0.39 is 0 Å². The molecular weight excluding hydrogens is 324 g/mol. The van der Waals surface area contributed by atoms with Gasteiger partial charge >= 0.3 is 6.03 Å². The van der Waals surface area contributed by atoms with Gasteiger partial charge in [-0.1, -0.05) is 6.07 Å². The number of nitrogens with one attached hydrogen (secondary N) is 2. The SMILES string of the molecule is Cn1cccc1[C@H](CNC(=O)NCc1cccs1)N1CCOCC1. The molecule has 0 radical (unpaired) electrons. The summed E-state index contributed by atoms with van der Waals surface area (Å²) in [6.45, 7) is 4.39. The molecule has 2 aromatic rings. The Kier molecular flexibility index (Phi) is 5.90. The van der Waals surface area contributed by atoms with Gasteiger partial charge < -0.3 is 19.9 Å². The maximum absolute atomic E-state index is 12.1. The Morgan fingerprint density at radius 2 is 2.12 bits per heavy atom. The van der Waals surface area contributed by atoms with Crippen LogP contribution in [0.25, 0.3) is 0 Å². The van der Waals surface area contributed by atoms with E-state index in [1.54, 1.807) is 11.3 Å². The number of carbonyl (C=O) groups excluding carboxylic acids is 1. The second-order valence-corrected chi connectivity index (χ2v) is 6.88. The lowest BCUT2D eigenvalue weighted by Crippen LogP contribution is -2.46. The number of hydrogen-bond acceptors (Lipinski definition) is 4. The van der Waals surface area contributed by atoms with E-state index in [1.165, 1.54) is 5.69 Å². The summed E-state index contributed by atoms with van der Waals surface area (Å²) in [5.74, 6) is 0. The highest BCUT2D eigenvalue weighted by molar-refractivity contribution is 7.09. The highest BCUT2D eigenvalue weighted by atomic mass is 32.1. The Bertz CT molecular complexity index is 635. The van der Waals surface area contributed by atoms with Crippen LogP contribution in [0.15, 0.2) is 35.8 Å². The Labute approximate surface area is 146 Å². The molecule has 1 saturated heterocycles. The van der Waals surface area contributed by atoms with Crippen molar-refractivity contribution in [2.45, 2.75) is 12.6 Å². The first-order chi connectivity index (χ1) is 11.7. The van der Waals surface area contributed by atoms with E-state index in [1.807, 2.05) is 36.8 Å². The predicted molar refractivity (Wildman–Crippen MR) is 95.1 cm³/mol. The number of nitrogens with zero attached hydrogens (tertiary/aromatic N) is 2. The lowest BCUT2D eigenvalue weighted by atomic mass is 10.1. The fourth-order valence-electron chi connectivity index (χ4n) is 2.96. The Hall–Kier alpha value is -1.83. The molecule has 0 unspecified atom stereocenters. The molecule has 0 spiro atoms. The number of ether oxygens (including phenoxy) is 1. The molecule has 0 aliphatic carbocycles. The van der Waals surface area contributed by atoms with E-state index >= 15 is 0 Å². The molecule has 1 aliphatic rings. The van der Waals surface area contributed by atoms with Crippen molar-refractivity contribution in [1.82, 2.24) is 20.1 Å². The van der Waals surface area contributed by atoms with Crippen LogP contribution in [0, 0.1) is 0 Å². The third-order valence-corrected chi connectivity index (χ3v) is 5.15. The zero-order valence-electron chi connectivity index (χ0n) is 13.9. The third-order valence-electron chi connectivity index (χ3n) is 4.27. The van der Waals surface area contributed by atoms with Gasteiger partial charge in [0.2, 0.25) is 0 Å². The largest absolute Gasteiger partial charge is 0.379 e. The summed E-state index contributed by atoms with van der Waals surface area (Å²) >= 11 is 1.64. The van der Waals surface area contributed by atoms with Crippen LogP contribution in [-0.2, 0) is 18.3 Å². The minimum absolute atomic E-state index is 0.129. The van der Waals surface area contributed by atoms with Gasteiger partial charge in [0.05, 0.1) is 25.8 Å². The molecule has 7 heteroatoms. The van der Waals surface area contributed by atoms with Crippen LogP contribution in [0.3, 0.4) is 0 Å². The van der Waals surface area contributed by atoms with Gasteiger partial charge in [0.15, 0.2) is 0 Å². The molecule has 2 amide bonds. The molecule has 6 nitrogen and oxygen atoms in total. The van der Waals surface area contributed by atoms with Crippen molar-refractivity contribution >= 4 is 17.4 Å². The maximum atomic E-state index is 12.1. The van der Waals surface area contributed by atoms with Crippen molar-refractivity contribution in [2.75, 3.05) is 32.8 Å². The zero-order chi connectivity index (χ0) is 16.8. The first kappa shape index (κ1) is 17.0. The van der Waals surface area contributed by atoms with Crippen molar-refractivity contribution in [3.8, 4) is 0 Å². The molecule has 1 aliphatic heterocycles. The summed E-state index contributed by atoms with van der Waals surface area (Å²) < 4.78 is 7.57. The molecule has 1 atom stereocenters. The normalized spacial score (nSPS) is 16.7. The molecule has 24 heavy (non-hydrogen) atoms. The number of urea groups is 1. The van der Waals surface area contributed by atoms with Crippen molar-refractivity contribution in [1.29, 1.82) is 0 Å². The second-order valence-electron chi connectivity index (χ2n) is 5.85. The first-order valence-corrected chi connectivity index (χ1v) is 9.09. The topological polar surface area (TPSA) is 58.5 Å². The molecule has 0 bridgehead atoms. The van der Waals surface area contributed by atoms with Crippen molar-refractivity contribution in [2.24, 2.45) is 7.05 Å². The molecule has 3 heterocycles. The highest BCUT2D eigenvalue weighted by Crippen LogP contribution is 2.21. The molecule has 130 valence electrons. The van der Waals surface area contributed by atoms with Gasteiger partial charge in [0.25, 0.3) is 0 Å². The van der Waals surface area contributed by atoms with E-state index in [0.29, 0.717) is 13.1 Å². The van der Waals surface area contributed by atoms with Crippen molar-refractivity contribution in [3.05, 3.63) is 46.4 Å². The summed E-state index contributed by atoms with van der Waals surface area (Å²) in [6, 6.07) is 8.19. The van der Waals surface area contributed by atoms with Gasteiger partial charge in [-0.05, 0) is 23.6 Å². The van der Waals surface area contributed by atoms with Crippen LogP contribution < -0.4 is 10.6 Å². The summed E-state index contributed by atoms with van der Waals surface area (Å²) in [7, 11) is 2.04. The van der Waals surface area contributed by atoms with Crippen molar-refractivity contribution < 1.29 is 9.53 Å². The third kappa shape index (κ3) is 4.37. The van der Waals surface area contributed by atoms with E-state index in [2.05, 4.69) is 26.2 Å². The minimum Gasteiger partial charge on any atom is -0.379 e. The highest BCUT2D eigenvalue weighted by Gasteiger charge is 2.24. The van der Waals surface area contributed by atoms with Crippen LogP contribution in [0.4, 0.5) is 4.79 Å². The van der Waals surface area contributed by atoms with E-state index in [-0.39, 0.29) is 12.1 Å². The standard InChI is InChI=1S/C17H24N4O2S/c1-20-6-2-5-15(20)16(21-7-9-23-10-8-21)13-19-17(22)18-12-14-4-3-11-24-14/h2-6,11,16H,7-10,12-13H2,1H3,(H2,18,19,22)/t16-/m0/s1. The lowest BCUT2D eigenvalue weighted by molar-refractivity contribution is 0.0153. The Balaban J connectivity index is 1.57. The Morgan fingerprint density at radius 1 is 1.29 bits per heavy atom. The molecule has 1 fully saturated rings. The number of aryl methyl sites for hydroxylation is 1. The number of amides is 2. The average molecular weight is 348 g/mol. The number of rotatable bonds is 6. The quantitative estimate of drug-likeness (QED) is 0.839. The van der Waals surface area contributed by atoms with Gasteiger partial charge in [0, 0.05) is 43.4 Å². The summed E-state index contributed by atoms with van der Waals surface area (Å²) in [4.78, 5) is 15.6. The monoisotopic (exact) mass is 348 g/mol. The zero-order valence-corrected chi connectivity index (χ0v) is 14.7. The molecule has 0 saturated carbocycles. The molecule has 3 rings (SSSR count). The van der Waals surface area contributed by atoms with Gasteiger partial charge in [0.1, 0.15) is 0 Å². The summed E-state index contributed by atoms with van der Waals surface area (Å²) in [5.41, 5.74) is 1.20. The van der Waals surface area contributed by atoms with E-state index in [4.69, 9.17) is 4.74 Å². The predicted octanol–water partition coefficient (Wildman–Crippen LogP) is 1.96. The second kappa shape index (κ2) is 8.32. The number of aromatic nitrogens is 1. The van der Waals surface area contributed by atoms with E-state index in [0.717, 1.165) is 31.2 Å². The van der Waals surface area contributed by atoms with Gasteiger partial charge in [-0.25, -0.2) is 4.79 Å². The number of morpholine rings is 1. The average Bonchev–Trinajstić information content (AvgIpc) is 3.26. The summed E-state index contributed by atoms with van der Waals surface area (Å²) in [5, 5.41) is 7.94. The molecule has 0 aromatic carbocycles. The van der Waals surface area contributed by atoms with Crippen LogP contribution in [-0.4, -0.2) is 48.3 Å². The van der Waals surface area contributed by atoms with Crippen molar-refractivity contribution in [3.63, 3.8) is 0 Å². The molecule has 2 N–H and O–H groups in total. The number of carbonyl (C=O) groups is 1. The smallest absolute Gasteiger partial charge is 0.315 e. The fourth-order valence-corrected chi connectivity index (χ4v) is 3.61. The number of hydrogen-bond donors (Lipinski definition) is 2. The van der Waals surface area contributed by atoms with Gasteiger partial charge in [-0.15, -0.1) is 11.3 Å². The van der Waals surface area contributed by atoms with Crippen LogP contribution in [0.5, 0.6) is 0 Å². The number of thiophene rings is 1. The van der Waals surface area contributed by atoms with Gasteiger partial charge in [-0.3, -0.25) is 4.90 Å². The first-order valence-electron chi connectivity index (χ1n) is 8.21. The van der Waals surface area contributed by atoms with Crippen LogP contribution in [0.2, 0.25) is 0 Å². The van der Waals surface area contributed by atoms with Crippen LogP contribution >= 0.6 is 11.3 Å². The maximum Gasteiger partial charge on any atom is 0.315 e. The molecular formula is C17H24N4O2S. The van der Waals surface area contributed by atoms with E-state index in [9.17, 15) is 4.79 Å². The Morgan fingerprint density at radius 3 is 2.79 bits per heavy atom. The minimum atomic E-state index is -0.129. The summed E-state index contributed by atoms with van der Waals surface area (Å²) in [6.07, 6.45) is 2.04.